The molecular weight excluding hydrogens is 248 g/mol. The number of carboxylic acid groups (broad SMARTS) is 1. The van der Waals surface area contributed by atoms with Gasteiger partial charge in [-0.25, -0.2) is 8.42 Å². The SMILES string of the molecule is O=C(O)CCNC(=O)CC1CS(=O)(=O)CCN1. The van der Waals surface area contributed by atoms with Gasteiger partial charge in [-0.15, -0.1) is 0 Å². The van der Waals surface area contributed by atoms with E-state index < -0.39 is 15.8 Å². The molecule has 0 radical (unpaired) electrons. The molecule has 1 aliphatic rings. The molecule has 1 saturated heterocycles. The van der Waals surface area contributed by atoms with Gasteiger partial charge in [-0.3, -0.25) is 9.59 Å². The molecule has 1 rings (SSSR count). The third-order valence-corrected chi connectivity index (χ3v) is 4.13. The van der Waals surface area contributed by atoms with Crippen LogP contribution in [0.15, 0.2) is 0 Å². The van der Waals surface area contributed by atoms with Gasteiger partial charge in [-0.2, -0.15) is 0 Å². The van der Waals surface area contributed by atoms with E-state index in [4.69, 9.17) is 5.11 Å². The normalized spacial score (nSPS) is 22.9. The van der Waals surface area contributed by atoms with Crippen molar-refractivity contribution < 1.29 is 23.1 Å². The number of carbonyl (C=O) groups is 2. The van der Waals surface area contributed by atoms with Crippen LogP contribution in [0.5, 0.6) is 0 Å². The number of aliphatic carboxylic acids is 1. The number of hydrogen-bond donors (Lipinski definition) is 3. The quantitative estimate of drug-likeness (QED) is 0.548. The van der Waals surface area contributed by atoms with Gasteiger partial charge in [-0.1, -0.05) is 0 Å². The Hall–Kier alpha value is -1.15. The zero-order valence-corrected chi connectivity index (χ0v) is 10.1. The summed E-state index contributed by atoms with van der Waals surface area (Å²) in [5, 5.41) is 13.8. The molecule has 1 heterocycles. The van der Waals surface area contributed by atoms with Gasteiger partial charge in [0.2, 0.25) is 5.91 Å². The maximum absolute atomic E-state index is 11.4. The predicted molar refractivity (Wildman–Crippen MR) is 60.3 cm³/mol. The molecule has 3 N–H and O–H groups in total. The summed E-state index contributed by atoms with van der Waals surface area (Å²) in [5.74, 6) is -1.26. The smallest absolute Gasteiger partial charge is 0.305 e. The minimum absolute atomic E-state index is 0.0423. The lowest BCUT2D eigenvalue weighted by Gasteiger charge is -2.22. The van der Waals surface area contributed by atoms with E-state index in [0.29, 0.717) is 6.54 Å². The highest BCUT2D eigenvalue weighted by Crippen LogP contribution is 2.04. The Morgan fingerprint density at radius 3 is 2.71 bits per heavy atom. The largest absolute Gasteiger partial charge is 0.481 e. The maximum atomic E-state index is 11.4. The highest BCUT2D eigenvalue weighted by atomic mass is 32.2. The fourth-order valence-corrected chi connectivity index (χ4v) is 3.05. The molecule has 7 nitrogen and oxygen atoms in total. The summed E-state index contributed by atoms with van der Waals surface area (Å²) >= 11 is 0. The minimum Gasteiger partial charge on any atom is -0.481 e. The summed E-state index contributed by atoms with van der Waals surface area (Å²) in [6.45, 7) is 0.420. The van der Waals surface area contributed by atoms with Gasteiger partial charge in [0.1, 0.15) is 0 Å². The van der Waals surface area contributed by atoms with Crippen LogP contribution in [0.2, 0.25) is 0 Å². The van der Waals surface area contributed by atoms with E-state index in [0.717, 1.165) is 0 Å². The molecular formula is C9H16N2O5S. The summed E-state index contributed by atoms with van der Waals surface area (Å²) in [7, 11) is -3.05. The van der Waals surface area contributed by atoms with Gasteiger partial charge >= 0.3 is 5.97 Å². The number of nitrogens with one attached hydrogen (secondary N) is 2. The molecule has 0 spiro atoms. The van der Waals surface area contributed by atoms with Crippen molar-refractivity contribution in [2.24, 2.45) is 0 Å². The third kappa shape index (κ3) is 5.64. The van der Waals surface area contributed by atoms with Crippen LogP contribution in [0.3, 0.4) is 0 Å². The molecule has 0 aliphatic carbocycles. The number of sulfone groups is 1. The van der Waals surface area contributed by atoms with Gasteiger partial charge in [0.25, 0.3) is 0 Å². The molecule has 98 valence electrons. The number of hydrogen-bond acceptors (Lipinski definition) is 5. The second kappa shape index (κ2) is 5.97. The van der Waals surface area contributed by atoms with Crippen LogP contribution < -0.4 is 10.6 Å². The van der Waals surface area contributed by atoms with E-state index in [9.17, 15) is 18.0 Å². The number of carbonyl (C=O) groups excluding carboxylic acids is 1. The summed E-state index contributed by atoms with van der Waals surface area (Å²) in [6.07, 6.45) is -0.0824. The molecule has 0 aromatic carbocycles. The molecule has 0 saturated carbocycles. The first-order valence-electron chi connectivity index (χ1n) is 5.31. The second-order valence-corrected chi connectivity index (χ2v) is 6.19. The summed E-state index contributed by atoms with van der Waals surface area (Å²) in [4.78, 5) is 21.6. The Kier molecular flexibility index (Phi) is 4.88. The van der Waals surface area contributed by atoms with E-state index >= 15 is 0 Å². The lowest BCUT2D eigenvalue weighted by atomic mass is 10.2. The van der Waals surface area contributed by atoms with E-state index in [1.807, 2.05) is 0 Å². The van der Waals surface area contributed by atoms with Crippen molar-refractivity contribution in [2.75, 3.05) is 24.6 Å². The molecule has 1 amide bonds. The Balaban J connectivity index is 2.28. The van der Waals surface area contributed by atoms with Crippen molar-refractivity contribution in [3.05, 3.63) is 0 Å². The first-order valence-corrected chi connectivity index (χ1v) is 7.13. The molecule has 0 aromatic rings. The maximum Gasteiger partial charge on any atom is 0.305 e. The molecule has 17 heavy (non-hydrogen) atoms. The molecule has 0 aromatic heterocycles. The Labute approximate surface area is 99.5 Å². The van der Waals surface area contributed by atoms with Crippen LogP contribution in [-0.4, -0.2) is 56.0 Å². The molecule has 1 aliphatic heterocycles. The van der Waals surface area contributed by atoms with E-state index in [1.54, 1.807) is 0 Å². The summed E-state index contributed by atoms with van der Waals surface area (Å²) in [5.41, 5.74) is 0. The van der Waals surface area contributed by atoms with Crippen LogP contribution >= 0.6 is 0 Å². The average molecular weight is 264 g/mol. The Morgan fingerprint density at radius 1 is 1.41 bits per heavy atom. The van der Waals surface area contributed by atoms with Gasteiger partial charge in [0.05, 0.1) is 17.9 Å². The monoisotopic (exact) mass is 264 g/mol. The lowest BCUT2D eigenvalue weighted by Crippen LogP contribution is -2.47. The first-order chi connectivity index (χ1) is 7.89. The number of carboxylic acids is 1. The molecule has 1 atom stereocenters. The lowest BCUT2D eigenvalue weighted by molar-refractivity contribution is -0.136. The molecule has 1 unspecified atom stereocenters. The second-order valence-electron chi connectivity index (χ2n) is 3.96. The van der Waals surface area contributed by atoms with Crippen molar-refractivity contribution in [1.29, 1.82) is 0 Å². The predicted octanol–water partition coefficient (Wildman–Crippen LogP) is -1.65. The highest BCUT2D eigenvalue weighted by molar-refractivity contribution is 7.91. The zero-order chi connectivity index (χ0) is 12.9. The Morgan fingerprint density at radius 2 is 2.12 bits per heavy atom. The summed E-state index contributed by atoms with van der Waals surface area (Å²) < 4.78 is 22.6. The topological polar surface area (TPSA) is 113 Å². The number of amides is 1. The standard InChI is InChI=1S/C9H16N2O5S/c12-8(11-2-1-9(13)14)5-7-6-17(15,16)4-3-10-7/h7,10H,1-6H2,(H,11,12)(H,13,14). The van der Waals surface area contributed by atoms with Gasteiger partial charge < -0.3 is 15.7 Å². The fraction of sp³-hybridized carbons (Fsp3) is 0.778. The molecule has 1 fully saturated rings. The van der Waals surface area contributed by atoms with Crippen molar-refractivity contribution in [2.45, 2.75) is 18.9 Å². The first kappa shape index (κ1) is 13.9. The fourth-order valence-electron chi connectivity index (χ4n) is 1.60. The third-order valence-electron chi connectivity index (χ3n) is 2.39. The summed E-state index contributed by atoms with van der Waals surface area (Å²) in [6, 6.07) is -0.376. The average Bonchev–Trinajstić information content (AvgIpc) is 2.14. The van der Waals surface area contributed by atoms with Gasteiger partial charge in [-0.05, 0) is 0 Å². The molecule has 8 heteroatoms. The van der Waals surface area contributed by atoms with Gasteiger partial charge in [0.15, 0.2) is 9.84 Å². The van der Waals surface area contributed by atoms with E-state index in [-0.39, 0.29) is 42.8 Å². The minimum atomic E-state index is -3.05. The van der Waals surface area contributed by atoms with Crippen LogP contribution in [0.1, 0.15) is 12.8 Å². The van der Waals surface area contributed by atoms with Crippen molar-refractivity contribution in [3.63, 3.8) is 0 Å². The van der Waals surface area contributed by atoms with E-state index in [1.165, 1.54) is 0 Å². The van der Waals surface area contributed by atoms with Crippen LogP contribution in [0.4, 0.5) is 0 Å². The van der Waals surface area contributed by atoms with Crippen molar-refractivity contribution in [1.82, 2.24) is 10.6 Å². The molecule has 0 bridgehead atoms. The zero-order valence-electron chi connectivity index (χ0n) is 9.31. The highest BCUT2D eigenvalue weighted by Gasteiger charge is 2.25. The van der Waals surface area contributed by atoms with Crippen molar-refractivity contribution in [3.8, 4) is 0 Å². The van der Waals surface area contributed by atoms with Crippen molar-refractivity contribution >= 4 is 21.7 Å². The van der Waals surface area contributed by atoms with Gasteiger partial charge in [0, 0.05) is 25.6 Å². The van der Waals surface area contributed by atoms with E-state index in [2.05, 4.69) is 10.6 Å². The number of rotatable bonds is 5. The van der Waals surface area contributed by atoms with Crippen LogP contribution in [-0.2, 0) is 19.4 Å². The Bertz CT molecular complexity index is 392. The van der Waals surface area contributed by atoms with Crippen LogP contribution in [0.25, 0.3) is 0 Å². The van der Waals surface area contributed by atoms with Crippen LogP contribution in [0, 0.1) is 0 Å².